The van der Waals surface area contributed by atoms with Crippen LogP contribution in [0.4, 0.5) is 0 Å². The number of phenolic OH excluding ortho intramolecular Hbond substituents is 1. The molecule has 0 fully saturated rings. The van der Waals surface area contributed by atoms with Crippen molar-refractivity contribution in [1.82, 2.24) is 0 Å². The molecule has 0 atom stereocenters. The second-order valence-corrected chi connectivity index (χ2v) is 4.97. The second-order valence-electron chi connectivity index (χ2n) is 4.97. The predicted molar refractivity (Wildman–Crippen MR) is 81.9 cm³/mol. The summed E-state index contributed by atoms with van der Waals surface area (Å²) in [6.07, 6.45) is 1.38. The highest BCUT2D eigenvalue weighted by Gasteiger charge is 2.10. The van der Waals surface area contributed by atoms with E-state index < -0.39 is 5.97 Å². The lowest BCUT2D eigenvalue weighted by Crippen LogP contribution is -2.02. The minimum atomic E-state index is -0.397. The highest BCUT2D eigenvalue weighted by Crippen LogP contribution is 2.31. The lowest BCUT2D eigenvalue weighted by Gasteiger charge is -2.10. The monoisotopic (exact) mass is 302 g/mol. The Labute approximate surface area is 128 Å². The average Bonchev–Trinajstić information content (AvgIpc) is 2.48. The Morgan fingerprint density at radius 1 is 1.18 bits per heavy atom. The standard InChI is InChI=1S/C17H18O5/c1-11(18)22-13-8-6-12-7-9-16(19)14(15(12)10-13)4-3-5-17(20)21-2/h6-10,19H,3-5H2,1-2H3. The Bertz CT molecular complexity index is 706. The van der Waals surface area contributed by atoms with E-state index in [4.69, 9.17) is 4.74 Å². The number of benzene rings is 2. The third-order valence-corrected chi connectivity index (χ3v) is 3.38. The summed E-state index contributed by atoms with van der Waals surface area (Å²) in [5.74, 6) is -0.0794. The van der Waals surface area contributed by atoms with Crippen LogP contribution in [0.5, 0.6) is 11.5 Å². The summed E-state index contributed by atoms with van der Waals surface area (Å²) < 4.78 is 9.69. The zero-order valence-corrected chi connectivity index (χ0v) is 12.6. The first-order valence-electron chi connectivity index (χ1n) is 7.01. The van der Waals surface area contributed by atoms with Gasteiger partial charge in [0.1, 0.15) is 11.5 Å². The van der Waals surface area contributed by atoms with E-state index in [0.29, 0.717) is 18.6 Å². The number of phenols is 1. The minimum absolute atomic E-state index is 0.164. The van der Waals surface area contributed by atoms with Crippen LogP contribution in [0.3, 0.4) is 0 Å². The molecule has 0 aromatic heterocycles. The summed E-state index contributed by atoms with van der Waals surface area (Å²) in [6, 6.07) is 8.69. The molecule has 0 heterocycles. The van der Waals surface area contributed by atoms with Crippen LogP contribution in [0, 0.1) is 0 Å². The van der Waals surface area contributed by atoms with Crippen molar-refractivity contribution >= 4 is 22.7 Å². The van der Waals surface area contributed by atoms with E-state index >= 15 is 0 Å². The topological polar surface area (TPSA) is 72.8 Å². The fraction of sp³-hybridized carbons (Fsp3) is 0.294. The van der Waals surface area contributed by atoms with Crippen molar-refractivity contribution in [3.63, 3.8) is 0 Å². The summed E-state index contributed by atoms with van der Waals surface area (Å²) in [7, 11) is 1.35. The van der Waals surface area contributed by atoms with Crippen LogP contribution in [-0.4, -0.2) is 24.2 Å². The van der Waals surface area contributed by atoms with Crippen molar-refractivity contribution in [2.24, 2.45) is 0 Å². The fourth-order valence-corrected chi connectivity index (χ4v) is 2.35. The minimum Gasteiger partial charge on any atom is -0.508 e. The Morgan fingerprint density at radius 2 is 1.91 bits per heavy atom. The van der Waals surface area contributed by atoms with Gasteiger partial charge in [0.2, 0.25) is 0 Å². The molecule has 2 rings (SSSR count). The lowest BCUT2D eigenvalue weighted by atomic mass is 9.99. The van der Waals surface area contributed by atoms with Crippen LogP contribution in [0.15, 0.2) is 30.3 Å². The fourth-order valence-electron chi connectivity index (χ4n) is 2.35. The molecule has 5 heteroatoms. The molecule has 0 bridgehead atoms. The van der Waals surface area contributed by atoms with Crippen molar-refractivity contribution in [3.05, 3.63) is 35.9 Å². The molecule has 0 saturated carbocycles. The average molecular weight is 302 g/mol. The van der Waals surface area contributed by atoms with Gasteiger partial charge in [-0.05, 0) is 41.8 Å². The van der Waals surface area contributed by atoms with E-state index in [1.165, 1.54) is 14.0 Å². The summed E-state index contributed by atoms with van der Waals surface area (Å²) >= 11 is 0. The number of hydrogen-bond acceptors (Lipinski definition) is 5. The molecular weight excluding hydrogens is 284 g/mol. The van der Waals surface area contributed by atoms with Crippen molar-refractivity contribution < 1.29 is 24.2 Å². The maximum atomic E-state index is 11.2. The lowest BCUT2D eigenvalue weighted by molar-refractivity contribution is -0.140. The smallest absolute Gasteiger partial charge is 0.308 e. The Kier molecular flexibility index (Phi) is 4.99. The van der Waals surface area contributed by atoms with Gasteiger partial charge in [0.25, 0.3) is 0 Å². The Balaban J connectivity index is 2.31. The third kappa shape index (κ3) is 3.75. The van der Waals surface area contributed by atoms with E-state index in [9.17, 15) is 14.7 Å². The van der Waals surface area contributed by atoms with Gasteiger partial charge in [-0.15, -0.1) is 0 Å². The second kappa shape index (κ2) is 6.93. The van der Waals surface area contributed by atoms with Crippen LogP contribution >= 0.6 is 0 Å². The molecule has 5 nitrogen and oxygen atoms in total. The molecule has 0 spiro atoms. The number of aryl methyl sites for hydroxylation is 1. The van der Waals surface area contributed by atoms with Crippen molar-refractivity contribution in [3.8, 4) is 11.5 Å². The van der Waals surface area contributed by atoms with Crippen LogP contribution in [0.1, 0.15) is 25.3 Å². The maximum Gasteiger partial charge on any atom is 0.308 e. The number of methoxy groups -OCH3 is 1. The molecule has 1 N–H and O–H groups in total. The first-order valence-corrected chi connectivity index (χ1v) is 7.01. The van der Waals surface area contributed by atoms with Crippen LogP contribution in [-0.2, 0) is 20.7 Å². The quantitative estimate of drug-likeness (QED) is 0.679. The van der Waals surface area contributed by atoms with E-state index in [0.717, 1.165) is 16.3 Å². The van der Waals surface area contributed by atoms with Crippen molar-refractivity contribution in [2.75, 3.05) is 7.11 Å². The highest BCUT2D eigenvalue weighted by atomic mass is 16.5. The molecule has 0 aliphatic heterocycles. The maximum absolute atomic E-state index is 11.2. The molecular formula is C17H18O5. The van der Waals surface area contributed by atoms with Gasteiger partial charge in [-0.1, -0.05) is 12.1 Å². The van der Waals surface area contributed by atoms with Gasteiger partial charge >= 0.3 is 11.9 Å². The van der Waals surface area contributed by atoms with Crippen LogP contribution in [0.2, 0.25) is 0 Å². The molecule has 0 unspecified atom stereocenters. The molecule has 22 heavy (non-hydrogen) atoms. The predicted octanol–water partition coefficient (Wildman–Crippen LogP) is 2.97. The Hall–Kier alpha value is -2.56. The third-order valence-electron chi connectivity index (χ3n) is 3.38. The highest BCUT2D eigenvalue weighted by molar-refractivity contribution is 5.89. The zero-order valence-electron chi connectivity index (χ0n) is 12.6. The van der Waals surface area contributed by atoms with Gasteiger partial charge in [-0.2, -0.15) is 0 Å². The number of carbonyl (C=O) groups excluding carboxylic acids is 2. The van der Waals surface area contributed by atoms with E-state index in [-0.39, 0.29) is 18.1 Å². The molecule has 0 amide bonds. The zero-order chi connectivity index (χ0) is 16.1. The van der Waals surface area contributed by atoms with Gasteiger partial charge in [0.05, 0.1) is 7.11 Å². The molecule has 116 valence electrons. The number of fused-ring (bicyclic) bond motifs is 1. The molecule has 0 aliphatic carbocycles. The number of ether oxygens (including phenoxy) is 2. The molecule has 2 aromatic rings. The van der Waals surface area contributed by atoms with Crippen LogP contribution < -0.4 is 4.74 Å². The van der Waals surface area contributed by atoms with Gasteiger partial charge in [0, 0.05) is 18.9 Å². The summed E-state index contributed by atoms with van der Waals surface area (Å²) in [6.45, 7) is 1.34. The van der Waals surface area contributed by atoms with Crippen molar-refractivity contribution in [1.29, 1.82) is 0 Å². The summed E-state index contributed by atoms with van der Waals surface area (Å²) in [4.78, 5) is 22.2. The first kappa shape index (κ1) is 15.8. The van der Waals surface area contributed by atoms with Gasteiger partial charge in [-0.3, -0.25) is 9.59 Å². The molecule has 0 aliphatic rings. The molecule has 2 aromatic carbocycles. The summed E-state index contributed by atoms with van der Waals surface area (Å²) in [5, 5.41) is 11.8. The van der Waals surface area contributed by atoms with E-state index in [1.807, 2.05) is 6.07 Å². The number of hydrogen-bond donors (Lipinski definition) is 1. The molecule has 0 radical (unpaired) electrons. The SMILES string of the molecule is COC(=O)CCCc1c(O)ccc2ccc(OC(C)=O)cc12. The number of esters is 2. The number of rotatable bonds is 5. The van der Waals surface area contributed by atoms with Gasteiger partial charge < -0.3 is 14.6 Å². The summed E-state index contributed by atoms with van der Waals surface area (Å²) in [5.41, 5.74) is 0.732. The van der Waals surface area contributed by atoms with E-state index in [1.54, 1.807) is 24.3 Å². The van der Waals surface area contributed by atoms with Gasteiger partial charge in [0.15, 0.2) is 0 Å². The number of carbonyl (C=O) groups is 2. The van der Waals surface area contributed by atoms with Crippen molar-refractivity contribution in [2.45, 2.75) is 26.2 Å². The normalized spacial score (nSPS) is 10.5. The number of aromatic hydroxyl groups is 1. The first-order chi connectivity index (χ1) is 10.5. The van der Waals surface area contributed by atoms with Gasteiger partial charge in [-0.25, -0.2) is 0 Å². The van der Waals surface area contributed by atoms with Crippen LogP contribution in [0.25, 0.3) is 10.8 Å². The molecule has 0 saturated heterocycles. The Morgan fingerprint density at radius 3 is 2.59 bits per heavy atom. The largest absolute Gasteiger partial charge is 0.508 e. The van der Waals surface area contributed by atoms with E-state index in [2.05, 4.69) is 4.74 Å².